The van der Waals surface area contributed by atoms with Crippen molar-refractivity contribution in [2.24, 2.45) is 0 Å². The predicted molar refractivity (Wildman–Crippen MR) is 36.2 cm³/mol. The minimum atomic E-state index is 0.227. The maximum Gasteiger partial charge on any atom is 0.137 e. The lowest BCUT2D eigenvalue weighted by Crippen LogP contribution is -1.98. The topological polar surface area (TPSA) is 68.9 Å². The molecule has 0 fully saturated rings. The average Bonchev–Trinajstić information content (AvgIpc) is 1.88. The van der Waals surface area contributed by atoms with E-state index in [0.717, 1.165) is 6.29 Å². The first-order valence-corrected chi connectivity index (χ1v) is 2.84. The van der Waals surface area contributed by atoms with E-state index in [9.17, 15) is 4.79 Å². The highest BCUT2D eigenvalue weighted by atomic mass is 16.1. The van der Waals surface area contributed by atoms with Crippen LogP contribution < -0.4 is 5.73 Å². The van der Waals surface area contributed by atoms with Crippen LogP contribution in [0.15, 0.2) is 12.3 Å². The van der Waals surface area contributed by atoms with E-state index < -0.39 is 0 Å². The molecular weight excluding hydrogens is 130 g/mol. The van der Waals surface area contributed by atoms with Crippen LogP contribution in [0.3, 0.4) is 0 Å². The summed E-state index contributed by atoms with van der Waals surface area (Å²) in [7, 11) is 0. The van der Waals surface area contributed by atoms with Crippen LogP contribution in [-0.2, 0) is 11.2 Å². The fourth-order valence-corrected chi connectivity index (χ4v) is 0.588. The number of carbonyl (C=O) groups excluding carboxylic acids is 1. The zero-order valence-electron chi connectivity index (χ0n) is 5.32. The van der Waals surface area contributed by atoms with Crippen LogP contribution in [0.2, 0.25) is 0 Å². The van der Waals surface area contributed by atoms with Gasteiger partial charge < -0.3 is 10.5 Å². The number of rotatable bonds is 2. The molecule has 2 N–H and O–H groups in total. The quantitative estimate of drug-likeness (QED) is 0.573. The highest BCUT2D eigenvalue weighted by molar-refractivity contribution is 5.52. The molecule has 1 heterocycles. The predicted octanol–water partition coefficient (Wildman–Crippen LogP) is -0.200. The van der Waals surface area contributed by atoms with Crippen molar-refractivity contribution in [3.8, 4) is 0 Å². The van der Waals surface area contributed by atoms with E-state index in [1.165, 1.54) is 6.20 Å². The molecule has 0 spiro atoms. The Kier molecular flexibility index (Phi) is 1.94. The third kappa shape index (κ3) is 1.51. The van der Waals surface area contributed by atoms with Gasteiger partial charge in [0, 0.05) is 6.20 Å². The summed E-state index contributed by atoms with van der Waals surface area (Å²) in [4.78, 5) is 17.6. The summed E-state index contributed by atoms with van der Waals surface area (Å²) in [5, 5.41) is 0. The molecule has 1 aromatic heterocycles. The molecule has 0 aliphatic carbocycles. The van der Waals surface area contributed by atoms with Crippen LogP contribution in [0.4, 0.5) is 5.82 Å². The summed E-state index contributed by atoms with van der Waals surface area (Å²) >= 11 is 0. The number of aldehydes is 1. The Morgan fingerprint density at radius 2 is 2.50 bits per heavy atom. The lowest BCUT2D eigenvalue weighted by Gasteiger charge is -1.92. The van der Waals surface area contributed by atoms with Gasteiger partial charge in [0.1, 0.15) is 17.9 Å². The van der Waals surface area contributed by atoms with Crippen molar-refractivity contribution in [1.29, 1.82) is 0 Å². The molecule has 1 aromatic rings. The molecule has 0 amide bonds. The molecule has 0 aliphatic rings. The Hall–Kier alpha value is -1.45. The molecule has 0 saturated heterocycles. The van der Waals surface area contributed by atoms with Crippen LogP contribution in [0, 0.1) is 0 Å². The molecule has 10 heavy (non-hydrogen) atoms. The van der Waals surface area contributed by atoms with Gasteiger partial charge in [0.05, 0.1) is 6.42 Å². The first kappa shape index (κ1) is 6.67. The van der Waals surface area contributed by atoms with E-state index in [1.807, 2.05) is 0 Å². The van der Waals surface area contributed by atoms with Gasteiger partial charge in [-0.2, -0.15) is 0 Å². The SMILES string of the molecule is Nc1ccnc(CC=O)n1. The second-order valence-electron chi connectivity index (χ2n) is 1.77. The van der Waals surface area contributed by atoms with Gasteiger partial charge in [0.25, 0.3) is 0 Å². The third-order valence-corrected chi connectivity index (χ3v) is 0.993. The Morgan fingerprint density at radius 1 is 1.70 bits per heavy atom. The van der Waals surface area contributed by atoms with Gasteiger partial charge in [0.2, 0.25) is 0 Å². The van der Waals surface area contributed by atoms with Crippen molar-refractivity contribution in [3.05, 3.63) is 18.1 Å². The molecule has 0 unspecified atom stereocenters. The van der Waals surface area contributed by atoms with Crippen molar-refractivity contribution in [2.75, 3.05) is 5.73 Å². The largest absolute Gasteiger partial charge is 0.384 e. The maximum atomic E-state index is 9.96. The number of nitrogen functional groups attached to an aromatic ring is 1. The number of carbonyl (C=O) groups is 1. The number of nitrogens with two attached hydrogens (primary N) is 1. The highest BCUT2D eigenvalue weighted by Crippen LogP contribution is 1.94. The summed E-state index contributed by atoms with van der Waals surface area (Å²) in [6.45, 7) is 0. The van der Waals surface area contributed by atoms with Crippen LogP contribution in [-0.4, -0.2) is 16.3 Å². The summed E-state index contributed by atoms with van der Waals surface area (Å²) < 4.78 is 0. The monoisotopic (exact) mass is 137 g/mol. The summed E-state index contributed by atoms with van der Waals surface area (Å²) in [5.74, 6) is 0.863. The van der Waals surface area contributed by atoms with E-state index in [1.54, 1.807) is 6.07 Å². The summed E-state index contributed by atoms with van der Waals surface area (Å²) in [5.41, 5.74) is 5.32. The molecule has 0 atom stereocenters. The fraction of sp³-hybridized carbons (Fsp3) is 0.167. The Bertz CT molecular complexity index is 236. The molecule has 0 radical (unpaired) electrons. The van der Waals surface area contributed by atoms with Gasteiger partial charge in [0.15, 0.2) is 0 Å². The number of aromatic nitrogens is 2. The molecule has 4 heteroatoms. The molecule has 0 aromatic carbocycles. The Balaban J connectivity index is 2.84. The van der Waals surface area contributed by atoms with Gasteiger partial charge in [-0.3, -0.25) is 0 Å². The van der Waals surface area contributed by atoms with Gasteiger partial charge >= 0.3 is 0 Å². The maximum absolute atomic E-state index is 9.96. The summed E-state index contributed by atoms with van der Waals surface area (Å²) in [6.07, 6.45) is 2.50. The van der Waals surface area contributed by atoms with Crippen LogP contribution in [0.25, 0.3) is 0 Å². The first-order valence-electron chi connectivity index (χ1n) is 2.84. The van der Waals surface area contributed by atoms with E-state index in [4.69, 9.17) is 5.73 Å². The van der Waals surface area contributed by atoms with Crippen molar-refractivity contribution >= 4 is 12.1 Å². The number of anilines is 1. The fourth-order valence-electron chi connectivity index (χ4n) is 0.588. The smallest absolute Gasteiger partial charge is 0.137 e. The molecule has 0 bridgehead atoms. The van der Waals surface area contributed by atoms with Crippen LogP contribution in [0.5, 0.6) is 0 Å². The first-order chi connectivity index (χ1) is 4.83. The normalized spacial score (nSPS) is 9.20. The Morgan fingerprint density at radius 3 is 3.10 bits per heavy atom. The van der Waals surface area contributed by atoms with Gasteiger partial charge in [-0.1, -0.05) is 0 Å². The minimum absolute atomic E-state index is 0.227. The molecule has 0 aliphatic heterocycles. The van der Waals surface area contributed by atoms with Crippen molar-refractivity contribution in [2.45, 2.75) is 6.42 Å². The van der Waals surface area contributed by atoms with Gasteiger partial charge in [-0.05, 0) is 6.07 Å². The lowest BCUT2D eigenvalue weighted by atomic mass is 10.4. The van der Waals surface area contributed by atoms with Crippen LogP contribution >= 0.6 is 0 Å². The zero-order chi connectivity index (χ0) is 7.40. The van der Waals surface area contributed by atoms with E-state index >= 15 is 0 Å². The van der Waals surface area contributed by atoms with Gasteiger partial charge in [-0.15, -0.1) is 0 Å². The minimum Gasteiger partial charge on any atom is -0.384 e. The highest BCUT2D eigenvalue weighted by Gasteiger charge is 1.93. The molecule has 0 saturated carbocycles. The summed E-state index contributed by atoms with van der Waals surface area (Å²) in [6, 6.07) is 1.58. The van der Waals surface area contributed by atoms with Crippen molar-refractivity contribution in [3.63, 3.8) is 0 Å². The number of nitrogens with zero attached hydrogens (tertiary/aromatic N) is 2. The number of hydrogen-bond acceptors (Lipinski definition) is 4. The van der Waals surface area contributed by atoms with E-state index in [2.05, 4.69) is 9.97 Å². The van der Waals surface area contributed by atoms with E-state index in [-0.39, 0.29) is 6.42 Å². The second kappa shape index (κ2) is 2.91. The average molecular weight is 137 g/mol. The standard InChI is InChI=1S/C6H7N3O/c7-5-1-3-8-6(9-5)2-4-10/h1,3-4H,2H2,(H2,7,8,9). The van der Waals surface area contributed by atoms with Crippen LogP contribution in [0.1, 0.15) is 5.82 Å². The molecular formula is C6H7N3O. The second-order valence-corrected chi connectivity index (χ2v) is 1.77. The van der Waals surface area contributed by atoms with Crippen molar-refractivity contribution in [1.82, 2.24) is 9.97 Å². The Labute approximate surface area is 58.1 Å². The third-order valence-electron chi connectivity index (χ3n) is 0.993. The van der Waals surface area contributed by atoms with E-state index in [0.29, 0.717) is 11.6 Å². The lowest BCUT2D eigenvalue weighted by molar-refractivity contribution is -0.107. The van der Waals surface area contributed by atoms with Crippen molar-refractivity contribution < 1.29 is 4.79 Å². The van der Waals surface area contributed by atoms with Gasteiger partial charge in [-0.25, -0.2) is 9.97 Å². The molecule has 52 valence electrons. The number of hydrogen-bond donors (Lipinski definition) is 1. The molecule has 1 rings (SSSR count). The zero-order valence-corrected chi connectivity index (χ0v) is 5.32. The molecule has 4 nitrogen and oxygen atoms in total.